The van der Waals surface area contributed by atoms with Gasteiger partial charge in [-0.15, -0.1) is 0 Å². The predicted octanol–water partition coefficient (Wildman–Crippen LogP) is 4.99. The third-order valence-electron chi connectivity index (χ3n) is 3.86. The number of hydrogen-bond donors (Lipinski definition) is 0. The lowest BCUT2D eigenvalue weighted by molar-refractivity contribution is 0.335. The molecule has 1 fully saturated rings. The Hall–Kier alpha value is 0.230. The Kier molecular flexibility index (Phi) is 3.01. The molecule has 96 valence electrons. The Morgan fingerprint density at radius 2 is 0.938 bits per heavy atom. The van der Waals surface area contributed by atoms with Crippen LogP contribution in [0.3, 0.4) is 0 Å². The lowest BCUT2D eigenvalue weighted by Gasteiger charge is -2.24. The van der Waals surface area contributed by atoms with Crippen molar-refractivity contribution in [2.24, 2.45) is 10.8 Å². The van der Waals surface area contributed by atoms with Crippen LogP contribution < -0.4 is 0 Å². The molecule has 3 atom stereocenters. The highest BCUT2D eigenvalue weighted by Gasteiger charge is 2.73. The maximum absolute atomic E-state index is 13.3. The summed E-state index contributed by atoms with van der Waals surface area (Å²) in [4.78, 5) is 0. The quantitative estimate of drug-likeness (QED) is 0.548. The fourth-order valence-corrected chi connectivity index (χ4v) is 9.12. The standard InChI is InChI=1S/C14H29OP/c1-12(2,3)10-11(13(4,5)6)16(10,15)14(7,8)9/h10-11H,1-9H3/t10-,11+,16?. The smallest absolute Gasteiger partial charge is 0.101 e. The van der Waals surface area contributed by atoms with Gasteiger partial charge >= 0.3 is 0 Å². The van der Waals surface area contributed by atoms with E-state index in [1.165, 1.54) is 0 Å². The summed E-state index contributed by atoms with van der Waals surface area (Å²) in [5.41, 5.74) is 1.14. The molecule has 16 heavy (non-hydrogen) atoms. The van der Waals surface area contributed by atoms with Crippen molar-refractivity contribution in [1.29, 1.82) is 0 Å². The van der Waals surface area contributed by atoms with Crippen molar-refractivity contribution in [3.8, 4) is 0 Å². The van der Waals surface area contributed by atoms with Gasteiger partial charge in [0.1, 0.15) is 7.14 Å². The van der Waals surface area contributed by atoms with Crippen LogP contribution in [-0.4, -0.2) is 16.5 Å². The van der Waals surface area contributed by atoms with Gasteiger partial charge in [0.2, 0.25) is 0 Å². The SMILES string of the molecule is CC(C)(C)[C@H]1[C@@H](C(C)(C)C)P1(=O)C(C)(C)C. The van der Waals surface area contributed by atoms with Crippen LogP contribution >= 0.6 is 7.14 Å². The van der Waals surface area contributed by atoms with Gasteiger partial charge in [-0.3, -0.25) is 0 Å². The second-order valence-corrected chi connectivity index (χ2v) is 12.4. The lowest BCUT2D eigenvalue weighted by atomic mass is 9.81. The zero-order valence-electron chi connectivity index (χ0n) is 12.5. The van der Waals surface area contributed by atoms with Gasteiger partial charge in [-0.2, -0.15) is 0 Å². The summed E-state index contributed by atoms with van der Waals surface area (Å²) in [5, 5.41) is -0.0388. The van der Waals surface area contributed by atoms with Gasteiger partial charge in [-0.25, -0.2) is 0 Å². The topological polar surface area (TPSA) is 17.1 Å². The highest BCUT2D eigenvalue weighted by Crippen LogP contribution is 2.87. The average Bonchev–Trinajstić information content (AvgIpc) is 2.53. The van der Waals surface area contributed by atoms with Crippen LogP contribution in [0.25, 0.3) is 0 Å². The average molecular weight is 244 g/mol. The Labute approximate surface area is 102 Å². The Balaban J connectivity index is 3.19. The maximum atomic E-state index is 13.3. The van der Waals surface area contributed by atoms with Crippen molar-refractivity contribution in [3.63, 3.8) is 0 Å². The molecule has 0 N–H and O–H groups in total. The van der Waals surface area contributed by atoms with Crippen LogP contribution in [0.1, 0.15) is 62.3 Å². The van der Waals surface area contributed by atoms with Gasteiger partial charge in [0.05, 0.1) is 0 Å². The van der Waals surface area contributed by atoms with Crippen LogP contribution in [0.15, 0.2) is 0 Å². The van der Waals surface area contributed by atoms with E-state index in [0.29, 0.717) is 11.3 Å². The summed E-state index contributed by atoms with van der Waals surface area (Å²) in [6.07, 6.45) is 0. The van der Waals surface area contributed by atoms with Crippen LogP contribution in [-0.2, 0) is 4.57 Å². The first-order valence-corrected chi connectivity index (χ1v) is 8.18. The van der Waals surface area contributed by atoms with Crippen molar-refractivity contribution in [2.45, 2.75) is 78.8 Å². The van der Waals surface area contributed by atoms with Crippen molar-refractivity contribution in [3.05, 3.63) is 0 Å². The Morgan fingerprint density at radius 1 is 0.688 bits per heavy atom. The molecule has 0 aromatic carbocycles. The molecule has 0 bridgehead atoms. The molecule has 0 amide bonds. The fraction of sp³-hybridized carbons (Fsp3) is 1.00. The first-order valence-electron chi connectivity index (χ1n) is 6.33. The van der Waals surface area contributed by atoms with Gasteiger partial charge in [-0.05, 0) is 10.8 Å². The zero-order valence-corrected chi connectivity index (χ0v) is 13.4. The van der Waals surface area contributed by atoms with E-state index in [2.05, 4.69) is 62.3 Å². The number of hydrogen-bond acceptors (Lipinski definition) is 1. The molecular formula is C14H29OP. The molecule has 0 radical (unpaired) electrons. The molecule has 0 aromatic rings. The third-order valence-corrected chi connectivity index (χ3v) is 9.41. The molecule has 0 saturated carbocycles. The van der Waals surface area contributed by atoms with E-state index >= 15 is 0 Å². The summed E-state index contributed by atoms with van der Waals surface area (Å²) < 4.78 is 13.3. The van der Waals surface area contributed by atoms with Crippen LogP contribution in [0.2, 0.25) is 0 Å². The van der Waals surface area contributed by atoms with E-state index in [1.807, 2.05) is 0 Å². The van der Waals surface area contributed by atoms with Gasteiger partial charge in [0.25, 0.3) is 0 Å². The lowest BCUT2D eigenvalue weighted by Crippen LogP contribution is -2.23. The van der Waals surface area contributed by atoms with Crippen molar-refractivity contribution in [2.75, 3.05) is 0 Å². The van der Waals surface area contributed by atoms with E-state index in [9.17, 15) is 4.57 Å². The summed E-state index contributed by atoms with van der Waals surface area (Å²) >= 11 is 0. The van der Waals surface area contributed by atoms with E-state index in [-0.39, 0.29) is 16.0 Å². The fourth-order valence-electron chi connectivity index (χ4n) is 3.25. The van der Waals surface area contributed by atoms with Crippen LogP contribution in [0.5, 0.6) is 0 Å². The summed E-state index contributed by atoms with van der Waals surface area (Å²) in [6.45, 7) is 19.9. The molecular weight excluding hydrogens is 215 g/mol. The second kappa shape index (κ2) is 3.37. The minimum Gasteiger partial charge on any atom is -0.322 e. The van der Waals surface area contributed by atoms with Gasteiger partial charge in [0, 0.05) is 16.5 Å². The zero-order chi connectivity index (χ0) is 13.2. The third kappa shape index (κ3) is 2.01. The Bertz CT molecular complexity index is 298. The predicted molar refractivity (Wildman–Crippen MR) is 73.8 cm³/mol. The van der Waals surface area contributed by atoms with E-state index < -0.39 is 7.14 Å². The van der Waals surface area contributed by atoms with Gasteiger partial charge in [-0.1, -0.05) is 62.3 Å². The van der Waals surface area contributed by atoms with Crippen molar-refractivity contribution < 1.29 is 4.57 Å². The molecule has 0 spiro atoms. The second-order valence-electron chi connectivity index (χ2n) is 8.50. The summed E-state index contributed by atoms with van der Waals surface area (Å²) in [6, 6.07) is 0. The summed E-state index contributed by atoms with van der Waals surface area (Å²) in [7, 11) is -2.06. The first-order chi connectivity index (χ1) is 6.74. The van der Waals surface area contributed by atoms with E-state index in [0.717, 1.165) is 0 Å². The normalized spacial score (nSPS) is 36.3. The molecule has 1 nitrogen and oxygen atoms in total. The minimum absolute atomic E-state index is 0.0388. The maximum Gasteiger partial charge on any atom is 0.101 e. The molecule has 1 aliphatic heterocycles. The molecule has 0 aliphatic carbocycles. The molecule has 2 heteroatoms. The largest absolute Gasteiger partial charge is 0.322 e. The highest BCUT2D eigenvalue weighted by molar-refractivity contribution is 7.74. The van der Waals surface area contributed by atoms with Crippen LogP contribution in [0.4, 0.5) is 0 Å². The first kappa shape index (κ1) is 14.3. The molecule has 1 heterocycles. The molecule has 1 aliphatic rings. The highest BCUT2D eigenvalue weighted by atomic mass is 31.2. The van der Waals surface area contributed by atoms with Crippen molar-refractivity contribution >= 4 is 7.14 Å². The molecule has 0 aromatic heterocycles. The van der Waals surface area contributed by atoms with Gasteiger partial charge < -0.3 is 4.57 Å². The molecule has 1 saturated heterocycles. The summed E-state index contributed by atoms with van der Waals surface area (Å²) in [5.74, 6) is 0. The Morgan fingerprint density at radius 3 is 1.00 bits per heavy atom. The van der Waals surface area contributed by atoms with Crippen molar-refractivity contribution in [1.82, 2.24) is 0 Å². The van der Waals surface area contributed by atoms with Gasteiger partial charge in [0.15, 0.2) is 0 Å². The van der Waals surface area contributed by atoms with Crippen LogP contribution in [0, 0.1) is 10.8 Å². The number of rotatable bonds is 0. The molecule has 1 rings (SSSR count). The van der Waals surface area contributed by atoms with E-state index in [4.69, 9.17) is 0 Å². The monoisotopic (exact) mass is 244 g/mol. The van der Waals surface area contributed by atoms with E-state index in [1.54, 1.807) is 0 Å². The molecule has 1 unspecified atom stereocenters. The minimum atomic E-state index is -2.06.